The number of hydrogen-bond acceptors (Lipinski definition) is 3. The van der Waals surface area contributed by atoms with Crippen LogP contribution in [0.2, 0.25) is 10.0 Å². The molecular weight excluding hydrogens is 299 g/mol. The van der Waals surface area contributed by atoms with Crippen LogP contribution in [0.4, 0.5) is 0 Å². The predicted molar refractivity (Wildman–Crippen MR) is 79.7 cm³/mol. The van der Waals surface area contributed by atoms with Gasteiger partial charge in [0.2, 0.25) is 0 Å². The van der Waals surface area contributed by atoms with E-state index in [0.717, 1.165) is 5.56 Å². The third kappa shape index (κ3) is 3.56. The summed E-state index contributed by atoms with van der Waals surface area (Å²) >= 11 is 11.8. The molecular formula is C14H12Cl2N2O2. The molecule has 2 rings (SSSR count). The summed E-state index contributed by atoms with van der Waals surface area (Å²) in [7, 11) is 0. The number of nitrogens with two attached hydrogens (primary N) is 1. The molecule has 0 unspecified atom stereocenters. The third-order valence-electron chi connectivity index (χ3n) is 2.61. The summed E-state index contributed by atoms with van der Waals surface area (Å²) in [6.07, 6.45) is 0. The highest BCUT2D eigenvalue weighted by Crippen LogP contribution is 2.24. The zero-order valence-electron chi connectivity index (χ0n) is 10.4. The van der Waals surface area contributed by atoms with E-state index in [9.17, 15) is 0 Å². The Morgan fingerprint density at radius 1 is 1.15 bits per heavy atom. The van der Waals surface area contributed by atoms with E-state index in [2.05, 4.69) is 5.16 Å². The fourth-order valence-electron chi connectivity index (χ4n) is 1.67. The summed E-state index contributed by atoms with van der Waals surface area (Å²) in [5.74, 6) is 0.415. The van der Waals surface area contributed by atoms with Crippen LogP contribution in [0.5, 0.6) is 5.75 Å². The van der Waals surface area contributed by atoms with Gasteiger partial charge in [-0.05, 0) is 35.9 Å². The summed E-state index contributed by atoms with van der Waals surface area (Å²) in [6.45, 7) is 0.313. The minimum Gasteiger partial charge on any atom is -0.488 e. The molecule has 0 radical (unpaired) electrons. The zero-order valence-corrected chi connectivity index (χ0v) is 11.9. The number of halogens is 2. The second-order valence-electron chi connectivity index (χ2n) is 4.04. The quantitative estimate of drug-likeness (QED) is 0.392. The molecule has 0 bridgehead atoms. The maximum absolute atomic E-state index is 8.77. The Morgan fingerprint density at radius 3 is 2.60 bits per heavy atom. The van der Waals surface area contributed by atoms with Gasteiger partial charge in [0.1, 0.15) is 12.4 Å². The lowest BCUT2D eigenvalue weighted by molar-refractivity contribution is 0.303. The highest BCUT2D eigenvalue weighted by Gasteiger charge is 2.09. The molecule has 6 heteroatoms. The summed E-state index contributed by atoms with van der Waals surface area (Å²) in [4.78, 5) is 0. The van der Waals surface area contributed by atoms with Crippen LogP contribution in [0.3, 0.4) is 0 Å². The average Bonchev–Trinajstić information content (AvgIpc) is 2.45. The molecule has 3 N–H and O–H groups in total. The molecule has 0 heterocycles. The molecule has 0 spiro atoms. The second kappa shape index (κ2) is 6.50. The lowest BCUT2D eigenvalue weighted by atomic mass is 10.2. The molecule has 0 aliphatic rings. The number of amidine groups is 1. The largest absolute Gasteiger partial charge is 0.488 e. The van der Waals surface area contributed by atoms with Crippen LogP contribution in [-0.2, 0) is 6.61 Å². The molecule has 20 heavy (non-hydrogen) atoms. The molecule has 104 valence electrons. The monoisotopic (exact) mass is 310 g/mol. The molecule has 0 saturated carbocycles. The van der Waals surface area contributed by atoms with E-state index < -0.39 is 0 Å². The van der Waals surface area contributed by atoms with Crippen molar-refractivity contribution in [2.24, 2.45) is 10.9 Å². The van der Waals surface area contributed by atoms with Crippen LogP contribution in [0.15, 0.2) is 47.6 Å². The van der Waals surface area contributed by atoms with Gasteiger partial charge in [-0.25, -0.2) is 0 Å². The maximum atomic E-state index is 8.77. The SMILES string of the molecule is NC(=NO)c1cc(Cl)ccc1OCc1cccc(Cl)c1. The third-order valence-corrected chi connectivity index (χ3v) is 3.08. The number of hydrogen-bond donors (Lipinski definition) is 2. The zero-order chi connectivity index (χ0) is 14.5. The van der Waals surface area contributed by atoms with Crippen molar-refractivity contribution in [3.8, 4) is 5.75 Å². The molecule has 0 aromatic heterocycles. The van der Waals surface area contributed by atoms with Crippen LogP contribution in [0, 0.1) is 0 Å². The van der Waals surface area contributed by atoms with Crippen molar-refractivity contribution in [3.63, 3.8) is 0 Å². The van der Waals surface area contributed by atoms with Gasteiger partial charge in [-0.3, -0.25) is 0 Å². The molecule has 2 aromatic carbocycles. The standard InChI is InChI=1S/C14H12Cl2N2O2/c15-10-3-1-2-9(6-10)8-20-13-5-4-11(16)7-12(13)14(17)18-19/h1-7,19H,8H2,(H2,17,18). The first-order valence-corrected chi connectivity index (χ1v) is 6.50. The van der Waals surface area contributed by atoms with E-state index in [1.807, 2.05) is 12.1 Å². The molecule has 0 fully saturated rings. The van der Waals surface area contributed by atoms with Crippen molar-refractivity contribution in [3.05, 3.63) is 63.6 Å². The number of oxime groups is 1. The van der Waals surface area contributed by atoms with Gasteiger partial charge >= 0.3 is 0 Å². The van der Waals surface area contributed by atoms with Crippen molar-refractivity contribution in [2.75, 3.05) is 0 Å². The first-order chi connectivity index (χ1) is 9.60. The van der Waals surface area contributed by atoms with Gasteiger partial charge in [0, 0.05) is 10.0 Å². The van der Waals surface area contributed by atoms with Crippen LogP contribution >= 0.6 is 23.2 Å². The van der Waals surface area contributed by atoms with Gasteiger partial charge < -0.3 is 15.7 Å². The summed E-state index contributed by atoms with van der Waals surface area (Å²) in [5.41, 5.74) is 6.94. The number of nitrogens with zero attached hydrogens (tertiary/aromatic N) is 1. The lowest BCUT2D eigenvalue weighted by Gasteiger charge is -2.11. The second-order valence-corrected chi connectivity index (χ2v) is 4.92. The molecule has 4 nitrogen and oxygen atoms in total. The van der Waals surface area contributed by atoms with Gasteiger partial charge in [0.05, 0.1) is 5.56 Å². The average molecular weight is 311 g/mol. The van der Waals surface area contributed by atoms with E-state index >= 15 is 0 Å². The Hall–Kier alpha value is -1.91. The van der Waals surface area contributed by atoms with Crippen molar-refractivity contribution < 1.29 is 9.94 Å². The highest BCUT2D eigenvalue weighted by atomic mass is 35.5. The summed E-state index contributed by atoms with van der Waals surface area (Å²) < 4.78 is 5.67. The summed E-state index contributed by atoms with van der Waals surface area (Å²) in [5, 5.41) is 12.8. The van der Waals surface area contributed by atoms with E-state index in [0.29, 0.717) is 28.0 Å². The van der Waals surface area contributed by atoms with Crippen molar-refractivity contribution in [1.82, 2.24) is 0 Å². The Labute approximate surface area is 126 Å². The molecule has 0 saturated heterocycles. The Balaban J connectivity index is 2.21. The van der Waals surface area contributed by atoms with Gasteiger partial charge in [-0.1, -0.05) is 40.5 Å². The lowest BCUT2D eigenvalue weighted by Crippen LogP contribution is -2.15. The van der Waals surface area contributed by atoms with E-state index in [-0.39, 0.29) is 5.84 Å². The van der Waals surface area contributed by atoms with Crippen molar-refractivity contribution in [2.45, 2.75) is 6.61 Å². The molecule has 0 aliphatic carbocycles. The fraction of sp³-hybridized carbons (Fsp3) is 0.0714. The first kappa shape index (κ1) is 14.5. The summed E-state index contributed by atoms with van der Waals surface area (Å²) in [6, 6.07) is 12.2. The molecule has 0 aliphatic heterocycles. The van der Waals surface area contributed by atoms with Gasteiger partial charge in [-0.15, -0.1) is 0 Å². The Kier molecular flexibility index (Phi) is 4.71. The van der Waals surface area contributed by atoms with Crippen LogP contribution < -0.4 is 10.5 Å². The van der Waals surface area contributed by atoms with Crippen LogP contribution in [-0.4, -0.2) is 11.0 Å². The van der Waals surface area contributed by atoms with Crippen molar-refractivity contribution >= 4 is 29.0 Å². The highest BCUT2D eigenvalue weighted by molar-refractivity contribution is 6.31. The Morgan fingerprint density at radius 2 is 1.90 bits per heavy atom. The first-order valence-electron chi connectivity index (χ1n) is 5.75. The minimum absolute atomic E-state index is 0.0615. The van der Waals surface area contributed by atoms with E-state index in [1.165, 1.54) is 0 Å². The fourth-order valence-corrected chi connectivity index (χ4v) is 2.05. The number of ether oxygens (including phenoxy) is 1. The normalized spacial score (nSPS) is 11.4. The van der Waals surface area contributed by atoms with Gasteiger partial charge in [0.25, 0.3) is 0 Å². The van der Waals surface area contributed by atoms with E-state index in [4.69, 9.17) is 38.9 Å². The molecule has 0 atom stereocenters. The van der Waals surface area contributed by atoms with Gasteiger partial charge in [-0.2, -0.15) is 0 Å². The van der Waals surface area contributed by atoms with Gasteiger partial charge in [0.15, 0.2) is 5.84 Å². The molecule has 2 aromatic rings. The maximum Gasteiger partial charge on any atom is 0.173 e. The minimum atomic E-state index is -0.0615. The smallest absolute Gasteiger partial charge is 0.173 e. The number of rotatable bonds is 4. The topological polar surface area (TPSA) is 67.8 Å². The Bertz CT molecular complexity index is 645. The number of benzene rings is 2. The van der Waals surface area contributed by atoms with Crippen molar-refractivity contribution in [1.29, 1.82) is 0 Å². The molecule has 0 amide bonds. The van der Waals surface area contributed by atoms with Crippen LogP contribution in [0.1, 0.15) is 11.1 Å². The van der Waals surface area contributed by atoms with Crippen LogP contribution in [0.25, 0.3) is 0 Å². The predicted octanol–water partition coefficient (Wildman–Crippen LogP) is 3.67. The van der Waals surface area contributed by atoms with E-state index in [1.54, 1.807) is 30.3 Å².